The van der Waals surface area contributed by atoms with Crippen molar-refractivity contribution >= 4 is 11.8 Å². The summed E-state index contributed by atoms with van der Waals surface area (Å²) in [6.45, 7) is 9.06. The highest BCUT2D eigenvalue weighted by Gasteiger charge is 2.60. The molecule has 6 nitrogen and oxygen atoms in total. The zero-order valence-electron chi connectivity index (χ0n) is 15.5. The number of methoxy groups -OCH3 is 1. The first kappa shape index (κ1) is 17.7. The molecule has 0 aromatic heterocycles. The van der Waals surface area contributed by atoms with Crippen LogP contribution in [0.4, 0.5) is 0 Å². The summed E-state index contributed by atoms with van der Waals surface area (Å²) >= 11 is 0. The first-order valence-corrected chi connectivity index (χ1v) is 9.16. The lowest BCUT2D eigenvalue weighted by Crippen LogP contribution is -2.57. The summed E-state index contributed by atoms with van der Waals surface area (Å²) in [5, 5.41) is 0. The van der Waals surface area contributed by atoms with Crippen molar-refractivity contribution in [3.8, 4) is 0 Å². The third-order valence-corrected chi connectivity index (χ3v) is 6.27. The number of ether oxygens (including phenoxy) is 1. The van der Waals surface area contributed by atoms with Gasteiger partial charge in [-0.15, -0.1) is 0 Å². The van der Waals surface area contributed by atoms with Crippen LogP contribution in [0.3, 0.4) is 0 Å². The minimum absolute atomic E-state index is 0.0582. The molecule has 3 rings (SSSR count). The van der Waals surface area contributed by atoms with Gasteiger partial charge in [0.15, 0.2) is 0 Å². The lowest BCUT2D eigenvalue weighted by atomic mass is 9.75. The van der Waals surface area contributed by atoms with E-state index in [-0.39, 0.29) is 24.0 Å². The van der Waals surface area contributed by atoms with Gasteiger partial charge in [-0.25, -0.2) is 0 Å². The highest BCUT2D eigenvalue weighted by molar-refractivity contribution is 5.84. The van der Waals surface area contributed by atoms with Crippen molar-refractivity contribution in [3.05, 3.63) is 0 Å². The fourth-order valence-corrected chi connectivity index (χ4v) is 5.13. The Balaban J connectivity index is 1.71. The van der Waals surface area contributed by atoms with Crippen molar-refractivity contribution in [1.29, 1.82) is 0 Å². The lowest BCUT2D eigenvalue weighted by molar-refractivity contribution is -0.139. The van der Waals surface area contributed by atoms with Gasteiger partial charge in [-0.1, -0.05) is 13.8 Å². The van der Waals surface area contributed by atoms with Crippen LogP contribution in [-0.4, -0.2) is 85.5 Å². The average molecular weight is 337 g/mol. The molecule has 24 heavy (non-hydrogen) atoms. The second kappa shape index (κ2) is 6.64. The first-order valence-electron chi connectivity index (χ1n) is 9.16. The van der Waals surface area contributed by atoms with Crippen molar-refractivity contribution in [2.24, 2.45) is 17.8 Å². The van der Waals surface area contributed by atoms with Crippen LogP contribution >= 0.6 is 0 Å². The summed E-state index contributed by atoms with van der Waals surface area (Å²) in [5.74, 6) is 1.55. The van der Waals surface area contributed by atoms with Crippen molar-refractivity contribution < 1.29 is 14.3 Å². The second-order valence-corrected chi connectivity index (χ2v) is 8.14. The Morgan fingerprint density at radius 3 is 2.54 bits per heavy atom. The number of carbonyl (C=O) groups excluding carboxylic acids is 2. The molecule has 3 aliphatic rings. The topological polar surface area (TPSA) is 53.1 Å². The molecule has 3 fully saturated rings. The van der Waals surface area contributed by atoms with Gasteiger partial charge in [-0.3, -0.25) is 9.59 Å². The number of amides is 2. The molecule has 3 saturated heterocycles. The number of carbonyl (C=O) groups is 2. The number of nitrogens with zero attached hydrogens (tertiary/aromatic N) is 3. The Kier molecular flexibility index (Phi) is 4.89. The predicted molar refractivity (Wildman–Crippen MR) is 91.4 cm³/mol. The van der Waals surface area contributed by atoms with Gasteiger partial charge >= 0.3 is 0 Å². The van der Waals surface area contributed by atoms with Gasteiger partial charge in [0.1, 0.15) is 6.61 Å². The molecular formula is C18H31N3O3. The smallest absolute Gasteiger partial charge is 0.248 e. The maximum atomic E-state index is 12.8. The van der Waals surface area contributed by atoms with Gasteiger partial charge in [-0.05, 0) is 18.8 Å². The predicted octanol–water partition coefficient (Wildman–Crippen LogP) is 0.670. The molecule has 3 heterocycles. The van der Waals surface area contributed by atoms with Crippen molar-refractivity contribution in [3.63, 3.8) is 0 Å². The molecule has 0 aliphatic carbocycles. The van der Waals surface area contributed by atoms with E-state index in [1.807, 2.05) is 16.8 Å². The fourth-order valence-electron chi connectivity index (χ4n) is 5.13. The molecule has 0 N–H and O–H groups in total. The summed E-state index contributed by atoms with van der Waals surface area (Å²) < 4.78 is 4.97. The molecule has 6 heteroatoms. The molecule has 0 radical (unpaired) electrons. The van der Waals surface area contributed by atoms with Crippen LogP contribution in [-0.2, 0) is 14.3 Å². The normalized spacial score (nSPS) is 29.8. The Hall–Kier alpha value is -1.14. The van der Waals surface area contributed by atoms with E-state index in [0.717, 1.165) is 45.6 Å². The average Bonchev–Trinajstić information content (AvgIpc) is 3.03. The highest BCUT2D eigenvalue weighted by atomic mass is 16.5. The Labute approximate surface area is 145 Å². The summed E-state index contributed by atoms with van der Waals surface area (Å²) in [4.78, 5) is 31.2. The van der Waals surface area contributed by atoms with E-state index in [2.05, 4.69) is 18.7 Å². The zero-order valence-corrected chi connectivity index (χ0v) is 15.5. The van der Waals surface area contributed by atoms with Gasteiger partial charge < -0.3 is 19.4 Å². The molecule has 0 aromatic rings. The molecule has 2 amide bonds. The van der Waals surface area contributed by atoms with E-state index in [0.29, 0.717) is 17.7 Å². The van der Waals surface area contributed by atoms with Gasteiger partial charge in [0.05, 0.1) is 11.5 Å². The molecule has 0 bridgehead atoms. The van der Waals surface area contributed by atoms with E-state index in [9.17, 15) is 9.59 Å². The van der Waals surface area contributed by atoms with E-state index < -0.39 is 0 Å². The number of hydrogen-bond donors (Lipinski definition) is 0. The third kappa shape index (κ3) is 2.84. The lowest BCUT2D eigenvalue weighted by Gasteiger charge is -2.46. The standard InChI is InChI=1S/C18H31N3O3/c1-13(2)9-20-10-14-15(11-20)18(19(3)17(14)23)5-7-21(8-6-18)16(22)12-24-4/h13-15H,5-12H2,1-4H3/t14-,15+/m1/s1. The summed E-state index contributed by atoms with van der Waals surface area (Å²) in [7, 11) is 3.53. The van der Waals surface area contributed by atoms with Gasteiger partial charge in [-0.2, -0.15) is 0 Å². The number of likely N-dealkylation sites (tertiary alicyclic amines) is 3. The molecule has 2 atom stereocenters. The summed E-state index contributed by atoms with van der Waals surface area (Å²) in [5.41, 5.74) is -0.0582. The number of rotatable bonds is 4. The number of hydrogen-bond acceptors (Lipinski definition) is 4. The summed E-state index contributed by atoms with van der Waals surface area (Å²) in [6.07, 6.45) is 1.78. The van der Waals surface area contributed by atoms with Crippen LogP contribution in [0.1, 0.15) is 26.7 Å². The van der Waals surface area contributed by atoms with Crippen LogP contribution in [0.2, 0.25) is 0 Å². The van der Waals surface area contributed by atoms with Crippen molar-refractivity contribution in [2.75, 3.05) is 53.5 Å². The Morgan fingerprint density at radius 2 is 1.96 bits per heavy atom. The van der Waals surface area contributed by atoms with E-state index in [4.69, 9.17) is 4.74 Å². The van der Waals surface area contributed by atoms with Gasteiger partial charge in [0.25, 0.3) is 0 Å². The minimum Gasteiger partial charge on any atom is -0.375 e. The van der Waals surface area contributed by atoms with Crippen LogP contribution in [0, 0.1) is 17.8 Å². The van der Waals surface area contributed by atoms with Crippen LogP contribution in [0.15, 0.2) is 0 Å². The first-order chi connectivity index (χ1) is 11.4. The van der Waals surface area contributed by atoms with E-state index in [1.165, 1.54) is 0 Å². The number of piperidine rings is 1. The van der Waals surface area contributed by atoms with Gasteiger partial charge in [0.2, 0.25) is 11.8 Å². The fraction of sp³-hybridized carbons (Fsp3) is 0.889. The quantitative estimate of drug-likeness (QED) is 0.757. The molecular weight excluding hydrogens is 306 g/mol. The largest absolute Gasteiger partial charge is 0.375 e. The third-order valence-electron chi connectivity index (χ3n) is 6.27. The van der Waals surface area contributed by atoms with E-state index >= 15 is 0 Å². The maximum absolute atomic E-state index is 12.8. The Morgan fingerprint density at radius 1 is 1.29 bits per heavy atom. The van der Waals surface area contributed by atoms with Crippen molar-refractivity contribution in [1.82, 2.24) is 14.7 Å². The summed E-state index contributed by atoms with van der Waals surface area (Å²) in [6, 6.07) is 0. The molecule has 136 valence electrons. The molecule has 0 saturated carbocycles. The van der Waals surface area contributed by atoms with Crippen LogP contribution in [0.25, 0.3) is 0 Å². The van der Waals surface area contributed by atoms with Crippen molar-refractivity contribution in [2.45, 2.75) is 32.2 Å². The molecule has 1 spiro atoms. The maximum Gasteiger partial charge on any atom is 0.248 e. The SMILES string of the molecule is COCC(=O)N1CCC2(CC1)[C@H]1CN(CC(C)C)C[C@H]1C(=O)N2C. The molecule has 3 aliphatic heterocycles. The number of fused-ring (bicyclic) bond motifs is 2. The molecule has 0 unspecified atom stereocenters. The van der Waals surface area contributed by atoms with Crippen LogP contribution in [0.5, 0.6) is 0 Å². The van der Waals surface area contributed by atoms with Crippen LogP contribution < -0.4 is 0 Å². The molecule has 0 aromatic carbocycles. The van der Waals surface area contributed by atoms with Gasteiger partial charge in [0, 0.05) is 52.8 Å². The van der Waals surface area contributed by atoms with E-state index in [1.54, 1.807) is 7.11 Å². The highest BCUT2D eigenvalue weighted by Crippen LogP contribution is 2.48. The Bertz CT molecular complexity index is 500. The monoisotopic (exact) mass is 337 g/mol. The minimum atomic E-state index is -0.0582. The second-order valence-electron chi connectivity index (χ2n) is 8.14. The zero-order chi connectivity index (χ0) is 17.5.